The van der Waals surface area contributed by atoms with Gasteiger partial charge in [-0.3, -0.25) is 0 Å². The summed E-state index contributed by atoms with van der Waals surface area (Å²) in [5, 5.41) is 3.92. The number of benzene rings is 1. The van der Waals surface area contributed by atoms with E-state index in [-0.39, 0.29) is 22.1 Å². The van der Waals surface area contributed by atoms with Crippen molar-refractivity contribution in [1.82, 2.24) is 14.6 Å². The summed E-state index contributed by atoms with van der Waals surface area (Å²) in [5.41, 5.74) is -0.151. The van der Waals surface area contributed by atoms with E-state index in [4.69, 9.17) is 16.3 Å². The van der Waals surface area contributed by atoms with Gasteiger partial charge in [-0.2, -0.15) is 18.3 Å². The average molecular weight is 342 g/mol. The highest BCUT2D eigenvalue weighted by atomic mass is 35.5. The molecule has 0 aliphatic carbocycles. The fourth-order valence-electron chi connectivity index (χ4n) is 2.29. The largest absolute Gasteiger partial charge is 0.496 e. The van der Waals surface area contributed by atoms with Gasteiger partial charge in [0.2, 0.25) is 0 Å². The number of fused-ring (bicyclic) bond motifs is 1. The van der Waals surface area contributed by atoms with Gasteiger partial charge in [-0.25, -0.2) is 9.50 Å². The molecule has 0 aliphatic heterocycles. The molecular formula is C15H11ClF3N3O. The number of rotatable bonds is 2. The summed E-state index contributed by atoms with van der Waals surface area (Å²) in [4.78, 5) is 4.24. The van der Waals surface area contributed by atoms with E-state index < -0.39 is 11.9 Å². The summed E-state index contributed by atoms with van der Waals surface area (Å²) in [6.07, 6.45) is -4.60. The molecule has 0 fully saturated rings. The summed E-state index contributed by atoms with van der Waals surface area (Å²) in [5.74, 6) is 0.421. The topological polar surface area (TPSA) is 39.4 Å². The Hall–Kier alpha value is -2.28. The maximum absolute atomic E-state index is 13.4. The van der Waals surface area contributed by atoms with Crippen LogP contribution >= 0.6 is 11.6 Å². The first-order valence-electron chi connectivity index (χ1n) is 6.59. The van der Waals surface area contributed by atoms with Crippen LogP contribution in [0.15, 0.2) is 30.3 Å². The summed E-state index contributed by atoms with van der Waals surface area (Å²) in [6.45, 7) is 1.53. The molecule has 2 heterocycles. The third-order valence-electron chi connectivity index (χ3n) is 3.37. The highest BCUT2D eigenvalue weighted by Crippen LogP contribution is 2.36. The first kappa shape index (κ1) is 15.6. The average Bonchev–Trinajstić information content (AvgIpc) is 2.80. The van der Waals surface area contributed by atoms with Crippen LogP contribution in [0.5, 0.6) is 5.75 Å². The van der Waals surface area contributed by atoms with E-state index in [0.29, 0.717) is 11.3 Å². The molecule has 4 nitrogen and oxygen atoms in total. The molecule has 23 heavy (non-hydrogen) atoms. The number of nitrogens with zero attached hydrogens (tertiary/aromatic N) is 3. The molecule has 0 spiro atoms. The maximum atomic E-state index is 13.4. The van der Waals surface area contributed by atoms with Crippen LogP contribution in [-0.2, 0) is 6.18 Å². The number of methoxy groups -OCH3 is 1. The quantitative estimate of drug-likeness (QED) is 0.694. The summed E-state index contributed by atoms with van der Waals surface area (Å²) >= 11 is 6.05. The smallest absolute Gasteiger partial charge is 0.433 e. The third-order valence-corrected chi connectivity index (χ3v) is 3.81. The molecule has 0 aliphatic rings. The van der Waals surface area contributed by atoms with Gasteiger partial charge in [0.25, 0.3) is 0 Å². The third kappa shape index (κ3) is 2.61. The van der Waals surface area contributed by atoms with Gasteiger partial charge in [0.1, 0.15) is 10.8 Å². The number of hydrogen-bond acceptors (Lipinski definition) is 3. The summed E-state index contributed by atoms with van der Waals surface area (Å²) < 4.78 is 46.0. The van der Waals surface area contributed by atoms with Crippen LogP contribution in [0.3, 0.4) is 0 Å². The van der Waals surface area contributed by atoms with Crippen LogP contribution in [-0.4, -0.2) is 21.7 Å². The minimum atomic E-state index is -4.60. The van der Waals surface area contributed by atoms with Gasteiger partial charge in [0.05, 0.1) is 18.5 Å². The number of aromatic nitrogens is 3. The second-order valence-electron chi connectivity index (χ2n) is 4.86. The molecule has 3 rings (SSSR count). The molecule has 0 N–H and O–H groups in total. The van der Waals surface area contributed by atoms with E-state index in [9.17, 15) is 13.2 Å². The number of halogens is 4. The number of alkyl halides is 3. The van der Waals surface area contributed by atoms with Gasteiger partial charge in [0, 0.05) is 5.56 Å². The molecule has 120 valence electrons. The molecule has 0 saturated carbocycles. The van der Waals surface area contributed by atoms with E-state index in [0.717, 1.165) is 10.6 Å². The second-order valence-corrected chi connectivity index (χ2v) is 5.24. The maximum Gasteiger partial charge on any atom is 0.433 e. The molecule has 2 aromatic heterocycles. The van der Waals surface area contributed by atoms with Crippen molar-refractivity contribution in [3.8, 4) is 17.0 Å². The number of aryl methyl sites for hydroxylation is 1. The van der Waals surface area contributed by atoms with Crippen molar-refractivity contribution in [3.63, 3.8) is 0 Å². The normalized spacial score (nSPS) is 11.9. The molecule has 0 radical (unpaired) electrons. The molecule has 3 aromatic rings. The number of para-hydroxylation sites is 1. The fraction of sp³-hybridized carbons (Fsp3) is 0.200. The molecule has 0 amide bonds. The van der Waals surface area contributed by atoms with Gasteiger partial charge >= 0.3 is 6.18 Å². The van der Waals surface area contributed by atoms with Gasteiger partial charge in [-0.1, -0.05) is 23.7 Å². The fourth-order valence-corrected chi connectivity index (χ4v) is 2.45. The van der Waals surface area contributed by atoms with Crippen LogP contribution in [0.25, 0.3) is 16.9 Å². The lowest BCUT2D eigenvalue weighted by atomic mass is 10.1. The zero-order valence-corrected chi connectivity index (χ0v) is 12.9. The number of ether oxygens (including phenoxy) is 1. The minimum absolute atomic E-state index is 0.0418. The van der Waals surface area contributed by atoms with Crippen LogP contribution in [0.1, 0.15) is 11.4 Å². The Kier molecular flexibility index (Phi) is 3.68. The molecule has 0 saturated heterocycles. The molecular weight excluding hydrogens is 331 g/mol. The summed E-state index contributed by atoms with van der Waals surface area (Å²) in [7, 11) is 1.44. The highest BCUT2D eigenvalue weighted by molar-refractivity contribution is 6.34. The Morgan fingerprint density at radius 1 is 1.22 bits per heavy atom. The van der Waals surface area contributed by atoms with E-state index in [1.807, 2.05) is 0 Å². The van der Waals surface area contributed by atoms with E-state index in [1.54, 1.807) is 24.3 Å². The van der Waals surface area contributed by atoms with Crippen LogP contribution in [0.2, 0.25) is 5.02 Å². The molecule has 0 atom stereocenters. The van der Waals surface area contributed by atoms with E-state index in [1.165, 1.54) is 14.0 Å². The monoisotopic (exact) mass is 341 g/mol. The van der Waals surface area contributed by atoms with Gasteiger partial charge in [-0.05, 0) is 25.1 Å². The highest BCUT2D eigenvalue weighted by Gasteiger charge is 2.36. The second kappa shape index (κ2) is 5.42. The zero-order valence-electron chi connectivity index (χ0n) is 12.1. The van der Waals surface area contributed by atoms with Crippen LogP contribution < -0.4 is 4.74 Å². The van der Waals surface area contributed by atoms with Crippen molar-refractivity contribution >= 4 is 17.2 Å². The molecule has 0 unspecified atom stereocenters. The van der Waals surface area contributed by atoms with Crippen molar-refractivity contribution in [2.75, 3.05) is 7.11 Å². The Labute approximate surface area is 134 Å². The Morgan fingerprint density at radius 3 is 2.57 bits per heavy atom. The summed E-state index contributed by atoms with van der Waals surface area (Å²) in [6, 6.07) is 7.64. The lowest BCUT2D eigenvalue weighted by Crippen LogP contribution is -2.13. The Morgan fingerprint density at radius 2 is 1.91 bits per heavy atom. The van der Waals surface area contributed by atoms with Crippen molar-refractivity contribution in [2.45, 2.75) is 13.1 Å². The van der Waals surface area contributed by atoms with Crippen molar-refractivity contribution in [1.29, 1.82) is 0 Å². The van der Waals surface area contributed by atoms with Gasteiger partial charge < -0.3 is 4.74 Å². The molecule has 8 heteroatoms. The minimum Gasteiger partial charge on any atom is -0.496 e. The van der Waals surface area contributed by atoms with Gasteiger partial charge in [-0.15, -0.1) is 0 Å². The van der Waals surface area contributed by atoms with Gasteiger partial charge in [0.15, 0.2) is 11.3 Å². The van der Waals surface area contributed by atoms with Crippen molar-refractivity contribution in [3.05, 3.63) is 46.7 Å². The van der Waals surface area contributed by atoms with Crippen LogP contribution in [0.4, 0.5) is 13.2 Å². The number of hydrogen-bond donors (Lipinski definition) is 0. The van der Waals surface area contributed by atoms with Crippen molar-refractivity contribution in [2.24, 2.45) is 0 Å². The van der Waals surface area contributed by atoms with Crippen molar-refractivity contribution < 1.29 is 17.9 Å². The Balaban J connectivity index is 2.37. The lowest BCUT2D eigenvalue weighted by molar-refractivity contribution is -0.142. The first-order valence-corrected chi connectivity index (χ1v) is 6.97. The molecule has 0 bridgehead atoms. The van der Waals surface area contributed by atoms with E-state index in [2.05, 4.69) is 10.1 Å². The predicted octanol–water partition coefficient (Wildman–Crippen LogP) is 4.39. The SMILES string of the molecule is COc1ccccc1-c1cc(C(F)(F)F)n2nc(C)c(Cl)c2n1. The Bertz CT molecular complexity index is 890. The standard InChI is InChI=1S/C15H11ClF3N3O/c1-8-13(16)14-20-10(9-5-3-4-6-11(9)23-2)7-12(15(17,18)19)22(14)21-8/h3-7H,1-2H3. The molecule has 1 aromatic carbocycles. The zero-order chi connectivity index (χ0) is 16.8. The van der Waals surface area contributed by atoms with Crippen LogP contribution in [0, 0.1) is 6.92 Å². The predicted molar refractivity (Wildman–Crippen MR) is 79.7 cm³/mol. The first-order chi connectivity index (χ1) is 10.8. The van der Waals surface area contributed by atoms with E-state index >= 15 is 0 Å². The lowest BCUT2D eigenvalue weighted by Gasteiger charge is -2.12.